The van der Waals surface area contributed by atoms with E-state index in [0.29, 0.717) is 6.54 Å². The van der Waals surface area contributed by atoms with Gasteiger partial charge in [-0.3, -0.25) is 9.46 Å². The highest BCUT2D eigenvalue weighted by Crippen LogP contribution is 2.34. The molecule has 7 nitrogen and oxygen atoms in total. The van der Waals surface area contributed by atoms with Gasteiger partial charge in [-0.05, 0) is 37.1 Å². The Morgan fingerprint density at radius 3 is 2.42 bits per heavy atom. The van der Waals surface area contributed by atoms with Crippen LogP contribution in [0, 0.1) is 13.8 Å². The number of nitrogens with zero attached hydrogens (tertiary/aromatic N) is 4. The van der Waals surface area contributed by atoms with E-state index in [4.69, 9.17) is 9.79 Å². The number of benzene rings is 1. The first-order valence-corrected chi connectivity index (χ1v) is 9.87. The van der Waals surface area contributed by atoms with E-state index in [0.717, 1.165) is 42.9 Å². The maximum Gasteiger partial charge on any atom is 0.326 e. The van der Waals surface area contributed by atoms with Crippen LogP contribution in [0.3, 0.4) is 0 Å². The Labute approximate surface area is 141 Å². The number of hydrogen-bond acceptors (Lipinski definition) is 5. The number of anilines is 1. The number of fused-ring (bicyclic) bond motifs is 1. The van der Waals surface area contributed by atoms with Crippen molar-refractivity contribution in [2.45, 2.75) is 13.8 Å². The average Bonchev–Trinajstić information content (AvgIpc) is 2.53. The molecule has 1 aliphatic rings. The third-order valence-electron chi connectivity index (χ3n) is 4.61. The zero-order valence-corrected chi connectivity index (χ0v) is 14.9. The van der Waals surface area contributed by atoms with Gasteiger partial charge in [-0.15, -0.1) is 0 Å². The molecule has 1 aromatic heterocycles. The molecule has 3 rings (SSSR count). The number of rotatable bonds is 4. The fourth-order valence-corrected chi connectivity index (χ4v) is 3.55. The normalized spacial score (nSPS) is 16.8. The van der Waals surface area contributed by atoms with E-state index < -0.39 is 7.60 Å². The van der Waals surface area contributed by atoms with E-state index in [2.05, 4.69) is 45.7 Å². The van der Waals surface area contributed by atoms with Gasteiger partial charge in [0.15, 0.2) is 0 Å². The lowest BCUT2D eigenvalue weighted by atomic mass is 10.1. The Morgan fingerprint density at radius 1 is 1.08 bits per heavy atom. The Kier molecular flexibility index (Phi) is 4.88. The maximum atomic E-state index is 11.0. The zero-order chi connectivity index (χ0) is 17.3. The minimum absolute atomic E-state index is 0.0814. The molecule has 0 atom stereocenters. The van der Waals surface area contributed by atoms with Crippen LogP contribution < -0.4 is 4.90 Å². The van der Waals surface area contributed by atoms with E-state index in [1.54, 1.807) is 6.33 Å². The van der Waals surface area contributed by atoms with Gasteiger partial charge in [0, 0.05) is 38.1 Å². The van der Waals surface area contributed by atoms with Crippen LogP contribution >= 0.6 is 7.60 Å². The number of aryl methyl sites for hydroxylation is 2. The maximum absolute atomic E-state index is 11.0. The fraction of sp³-hybridized carbons (Fsp3) is 0.500. The second kappa shape index (κ2) is 6.76. The predicted octanol–water partition coefficient (Wildman–Crippen LogP) is 1.55. The lowest BCUT2D eigenvalue weighted by Gasteiger charge is -2.35. The first-order valence-electron chi connectivity index (χ1n) is 8.07. The molecule has 2 heterocycles. The summed E-state index contributed by atoms with van der Waals surface area (Å²) in [5.41, 5.74) is 3.39. The van der Waals surface area contributed by atoms with Gasteiger partial charge in [0.1, 0.15) is 12.1 Å². The predicted molar refractivity (Wildman–Crippen MR) is 94.6 cm³/mol. The molecule has 0 amide bonds. The summed E-state index contributed by atoms with van der Waals surface area (Å²) in [6, 6.07) is 4.23. The average molecular weight is 350 g/mol. The topological polar surface area (TPSA) is 89.8 Å². The molecule has 1 saturated heterocycles. The Balaban J connectivity index is 1.74. The molecule has 24 heavy (non-hydrogen) atoms. The minimum atomic E-state index is -3.92. The van der Waals surface area contributed by atoms with Gasteiger partial charge in [-0.2, -0.15) is 0 Å². The van der Waals surface area contributed by atoms with Gasteiger partial charge in [0.05, 0.1) is 11.7 Å². The van der Waals surface area contributed by atoms with Crippen LogP contribution in [0.4, 0.5) is 5.82 Å². The Hall–Kier alpha value is -1.53. The van der Waals surface area contributed by atoms with Crippen molar-refractivity contribution in [1.82, 2.24) is 14.9 Å². The fourth-order valence-electron chi connectivity index (χ4n) is 3.01. The molecule has 2 N–H and O–H groups in total. The SMILES string of the molecule is Cc1cc2ncnc(N3CCN(CCP(=O)(O)O)CC3)c2cc1C. The molecule has 0 bridgehead atoms. The number of hydrogen-bond donors (Lipinski definition) is 2. The summed E-state index contributed by atoms with van der Waals surface area (Å²) >= 11 is 0. The second-order valence-corrected chi connectivity index (χ2v) is 8.14. The summed E-state index contributed by atoms with van der Waals surface area (Å²) in [5, 5.41) is 1.06. The Bertz CT molecular complexity index is 784. The highest BCUT2D eigenvalue weighted by atomic mass is 31.2. The highest BCUT2D eigenvalue weighted by molar-refractivity contribution is 7.51. The summed E-state index contributed by atoms with van der Waals surface area (Å²) in [7, 11) is -3.92. The molecule has 2 aromatic rings. The smallest absolute Gasteiger partial charge is 0.326 e. The molecule has 0 spiro atoms. The molecule has 8 heteroatoms. The molecule has 130 valence electrons. The third kappa shape index (κ3) is 3.92. The van der Waals surface area contributed by atoms with Crippen molar-refractivity contribution >= 4 is 24.3 Å². The van der Waals surface area contributed by atoms with Gasteiger partial charge >= 0.3 is 7.60 Å². The van der Waals surface area contributed by atoms with Crippen LogP contribution in [-0.2, 0) is 4.57 Å². The third-order valence-corrected chi connectivity index (χ3v) is 5.39. The summed E-state index contributed by atoms with van der Waals surface area (Å²) in [6.07, 6.45) is 1.52. The van der Waals surface area contributed by atoms with E-state index in [1.807, 2.05) is 0 Å². The standard InChI is InChI=1S/C16H23N4O3P/c1-12-9-14-15(10-13(12)2)17-11-18-16(14)20-5-3-19(4-6-20)7-8-24(21,22)23/h9-11H,3-8H2,1-2H3,(H2,21,22,23). The van der Waals surface area contributed by atoms with E-state index >= 15 is 0 Å². The van der Waals surface area contributed by atoms with Crippen molar-refractivity contribution in [3.8, 4) is 0 Å². The zero-order valence-electron chi connectivity index (χ0n) is 14.0. The summed E-state index contributed by atoms with van der Waals surface area (Å²) in [4.78, 5) is 31.2. The van der Waals surface area contributed by atoms with Crippen LogP contribution in [0.1, 0.15) is 11.1 Å². The lowest BCUT2D eigenvalue weighted by Crippen LogP contribution is -2.47. The molecule has 1 aromatic carbocycles. The van der Waals surface area contributed by atoms with Gasteiger partial charge in [0.2, 0.25) is 0 Å². The van der Waals surface area contributed by atoms with Crippen LogP contribution in [-0.4, -0.2) is 63.5 Å². The molecule has 0 radical (unpaired) electrons. The van der Waals surface area contributed by atoms with Crippen LogP contribution in [0.25, 0.3) is 10.9 Å². The molecule has 0 aliphatic carbocycles. The van der Waals surface area contributed by atoms with Crippen LogP contribution in [0.15, 0.2) is 18.5 Å². The van der Waals surface area contributed by atoms with E-state index in [9.17, 15) is 4.57 Å². The molecular formula is C16H23N4O3P. The van der Waals surface area contributed by atoms with Gasteiger partial charge in [-0.25, -0.2) is 9.97 Å². The summed E-state index contributed by atoms with van der Waals surface area (Å²) in [6.45, 7) is 7.73. The number of aromatic nitrogens is 2. The van der Waals surface area contributed by atoms with E-state index in [1.165, 1.54) is 11.1 Å². The van der Waals surface area contributed by atoms with Crippen molar-refractivity contribution in [2.75, 3.05) is 43.8 Å². The molecule has 0 saturated carbocycles. The van der Waals surface area contributed by atoms with Crippen molar-refractivity contribution in [3.05, 3.63) is 29.6 Å². The number of piperazine rings is 1. The van der Waals surface area contributed by atoms with Crippen molar-refractivity contribution in [1.29, 1.82) is 0 Å². The lowest BCUT2D eigenvalue weighted by molar-refractivity contribution is 0.264. The van der Waals surface area contributed by atoms with Crippen molar-refractivity contribution in [3.63, 3.8) is 0 Å². The first kappa shape index (κ1) is 17.3. The van der Waals surface area contributed by atoms with Crippen molar-refractivity contribution < 1.29 is 14.4 Å². The van der Waals surface area contributed by atoms with Crippen LogP contribution in [0.5, 0.6) is 0 Å². The quantitative estimate of drug-likeness (QED) is 0.809. The molecule has 1 aliphatic heterocycles. The molecular weight excluding hydrogens is 327 g/mol. The minimum Gasteiger partial charge on any atom is -0.353 e. The summed E-state index contributed by atoms with van der Waals surface area (Å²) < 4.78 is 11.0. The molecule has 1 fully saturated rings. The largest absolute Gasteiger partial charge is 0.353 e. The second-order valence-electron chi connectivity index (χ2n) is 6.37. The highest BCUT2D eigenvalue weighted by Gasteiger charge is 2.22. The van der Waals surface area contributed by atoms with Crippen LogP contribution in [0.2, 0.25) is 0 Å². The summed E-state index contributed by atoms with van der Waals surface area (Å²) in [5.74, 6) is 0.942. The molecule has 0 unspecified atom stereocenters. The van der Waals surface area contributed by atoms with E-state index in [-0.39, 0.29) is 6.16 Å². The van der Waals surface area contributed by atoms with Crippen molar-refractivity contribution in [2.24, 2.45) is 0 Å². The Morgan fingerprint density at radius 2 is 1.75 bits per heavy atom. The first-order chi connectivity index (χ1) is 11.3. The van der Waals surface area contributed by atoms with Gasteiger partial charge in [-0.1, -0.05) is 0 Å². The monoisotopic (exact) mass is 350 g/mol. The van der Waals surface area contributed by atoms with Gasteiger partial charge < -0.3 is 14.7 Å². The van der Waals surface area contributed by atoms with Gasteiger partial charge in [0.25, 0.3) is 0 Å².